The lowest BCUT2D eigenvalue weighted by Crippen LogP contribution is -2.09. The van der Waals surface area contributed by atoms with Crippen LogP contribution in [0, 0.1) is 0 Å². The third-order valence-electron chi connectivity index (χ3n) is 4.50. The molecule has 26 heavy (non-hydrogen) atoms. The van der Waals surface area contributed by atoms with Crippen LogP contribution in [0.2, 0.25) is 0 Å². The Morgan fingerprint density at radius 1 is 0.846 bits per heavy atom. The van der Waals surface area contributed by atoms with Gasteiger partial charge in [0.05, 0.1) is 0 Å². The normalized spacial score (nSPS) is 11.8. The molecule has 3 heteroatoms. The van der Waals surface area contributed by atoms with Gasteiger partial charge in [-0.1, -0.05) is 61.5 Å². The molecule has 0 spiro atoms. The van der Waals surface area contributed by atoms with Crippen molar-refractivity contribution in [2.45, 2.75) is 26.0 Å². The number of hydrogen-bond acceptors (Lipinski definition) is 3. The highest BCUT2D eigenvalue weighted by atomic mass is 16.5. The molecule has 0 bridgehead atoms. The van der Waals surface area contributed by atoms with Crippen molar-refractivity contribution in [3.05, 3.63) is 95.6 Å². The van der Waals surface area contributed by atoms with E-state index in [1.165, 1.54) is 16.7 Å². The zero-order valence-electron chi connectivity index (χ0n) is 15.2. The predicted octanol–water partition coefficient (Wildman–Crippen LogP) is 4.94. The molecule has 0 radical (unpaired) electrons. The van der Waals surface area contributed by atoms with Gasteiger partial charge >= 0.3 is 0 Å². The van der Waals surface area contributed by atoms with E-state index in [9.17, 15) is 0 Å². The van der Waals surface area contributed by atoms with Crippen molar-refractivity contribution in [2.75, 3.05) is 11.9 Å². The van der Waals surface area contributed by atoms with E-state index in [0.717, 1.165) is 18.0 Å². The van der Waals surface area contributed by atoms with Crippen LogP contribution in [0.3, 0.4) is 0 Å². The first kappa shape index (κ1) is 18.0. The Kier molecular flexibility index (Phi) is 6.29. The Morgan fingerprint density at radius 2 is 1.54 bits per heavy atom. The highest BCUT2D eigenvalue weighted by Crippen LogP contribution is 2.19. The summed E-state index contributed by atoms with van der Waals surface area (Å²) in [4.78, 5) is 0. The first-order valence-corrected chi connectivity index (χ1v) is 9.04. The van der Waals surface area contributed by atoms with Crippen LogP contribution >= 0.6 is 0 Å². The number of nitrogens with two attached hydrogens (primary N) is 1. The van der Waals surface area contributed by atoms with Crippen molar-refractivity contribution in [3.63, 3.8) is 0 Å². The van der Waals surface area contributed by atoms with Gasteiger partial charge in [0.15, 0.2) is 0 Å². The average molecular weight is 346 g/mol. The van der Waals surface area contributed by atoms with Gasteiger partial charge in [-0.2, -0.15) is 0 Å². The van der Waals surface area contributed by atoms with E-state index in [4.69, 9.17) is 10.5 Å². The highest BCUT2D eigenvalue weighted by Gasteiger charge is 2.03. The first-order valence-electron chi connectivity index (χ1n) is 9.04. The minimum Gasteiger partial charge on any atom is -0.489 e. The van der Waals surface area contributed by atoms with Crippen LogP contribution in [-0.4, -0.2) is 6.54 Å². The summed E-state index contributed by atoms with van der Waals surface area (Å²) in [5.41, 5.74) is 10.5. The zero-order valence-corrected chi connectivity index (χ0v) is 15.2. The van der Waals surface area contributed by atoms with Gasteiger partial charge in [0, 0.05) is 12.2 Å². The molecule has 3 rings (SSSR count). The summed E-state index contributed by atoms with van der Waals surface area (Å²) in [6.45, 7) is 4.20. The zero-order chi connectivity index (χ0) is 18.2. The summed E-state index contributed by atoms with van der Waals surface area (Å²) in [5, 5.41) is 3.44. The molecule has 0 amide bonds. The van der Waals surface area contributed by atoms with Crippen LogP contribution in [0.1, 0.15) is 29.5 Å². The fraction of sp³-hybridized carbons (Fsp3) is 0.217. The molecule has 1 unspecified atom stereocenters. The van der Waals surface area contributed by atoms with Crippen LogP contribution < -0.4 is 15.8 Å². The first-order chi connectivity index (χ1) is 12.7. The fourth-order valence-corrected chi connectivity index (χ4v) is 2.71. The van der Waals surface area contributed by atoms with Gasteiger partial charge in [-0.05, 0) is 53.4 Å². The van der Waals surface area contributed by atoms with Gasteiger partial charge < -0.3 is 15.8 Å². The minimum atomic E-state index is 0.403. The minimum absolute atomic E-state index is 0.403. The van der Waals surface area contributed by atoms with Crippen LogP contribution in [0.4, 0.5) is 5.69 Å². The molecule has 1 atom stereocenters. The van der Waals surface area contributed by atoms with E-state index in [1.54, 1.807) is 0 Å². The number of anilines is 1. The van der Waals surface area contributed by atoms with Crippen molar-refractivity contribution in [3.8, 4) is 5.75 Å². The number of benzene rings is 3. The van der Waals surface area contributed by atoms with Crippen molar-refractivity contribution < 1.29 is 4.74 Å². The molecular formula is C23H26N2O. The van der Waals surface area contributed by atoms with E-state index < -0.39 is 0 Å². The van der Waals surface area contributed by atoms with Crippen molar-refractivity contribution in [1.29, 1.82) is 0 Å². The number of hydrogen-bond donors (Lipinski definition) is 2. The SMILES string of the molecule is CC(CN)c1ccc(CNc2ccc(OCc3ccccc3)cc2)cc1. The molecule has 3 aromatic rings. The standard InChI is InChI=1S/C23H26N2O/c1-18(15-24)21-9-7-19(8-10-21)16-25-22-11-13-23(14-12-22)26-17-20-5-3-2-4-6-20/h2-14,18,25H,15-17,24H2,1H3. The molecular weight excluding hydrogens is 320 g/mol. The smallest absolute Gasteiger partial charge is 0.119 e. The second-order valence-electron chi connectivity index (χ2n) is 6.53. The molecule has 0 saturated carbocycles. The summed E-state index contributed by atoms with van der Waals surface area (Å²) < 4.78 is 5.82. The van der Waals surface area contributed by atoms with Crippen molar-refractivity contribution in [2.24, 2.45) is 5.73 Å². The van der Waals surface area contributed by atoms with Crippen LogP contribution in [0.25, 0.3) is 0 Å². The molecule has 3 aromatic carbocycles. The monoisotopic (exact) mass is 346 g/mol. The van der Waals surface area contributed by atoms with Gasteiger partial charge in [0.25, 0.3) is 0 Å². The maximum atomic E-state index is 5.82. The third kappa shape index (κ3) is 5.11. The largest absolute Gasteiger partial charge is 0.489 e. The van der Waals surface area contributed by atoms with Gasteiger partial charge in [0.1, 0.15) is 12.4 Å². The lowest BCUT2D eigenvalue weighted by molar-refractivity contribution is 0.306. The Bertz CT molecular complexity index is 783. The summed E-state index contributed by atoms with van der Waals surface area (Å²) in [6, 6.07) is 26.9. The van der Waals surface area contributed by atoms with Crippen LogP contribution in [0.15, 0.2) is 78.9 Å². The summed E-state index contributed by atoms with van der Waals surface area (Å²) in [6.07, 6.45) is 0. The maximum absolute atomic E-state index is 5.82. The quantitative estimate of drug-likeness (QED) is 0.607. The predicted molar refractivity (Wildman–Crippen MR) is 108 cm³/mol. The van der Waals surface area contributed by atoms with E-state index >= 15 is 0 Å². The number of ether oxygens (including phenoxy) is 1. The summed E-state index contributed by atoms with van der Waals surface area (Å²) in [7, 11) is 0. The van der Waals surface area contributed by atoms with E-state index in [1.807, 2.05) is 42.5 Å². The molecule has 0 fully saturated rings. The van der Waals surface area contributed by atoms with Crippen LogP contribution in [0.5, 0.6) is 5.75 Å². The second-order valence-corrected chi connectivity index (χ2v) is 6.53. The third-order valence-corrected chi connectivity index (χ3v) is 4.50. The van der Waals surface area contributed by atoms with E-state index in [-0.39, 0.29) is 0 Å². The summed E-state index contributed by atoms with van der Waals surface area (Å²) in [5.74, 6) is 1.28. The van der Waals surface area contributed by atoms with Gasteiger partial charge in [-0.3, -0.25) is 0 Å². The van der Waals surface area contributed by atoms with Crippen molar-refractivity contribution in [1.82, 2.24) is 0 Å². The molecule has 3 nitrogen and oxygen atoms in total. The Morgan fingerprint density at radius 3 is 2.19 bits per heavy atom. The maximum Gasteiger partial charge on any atom is 0.119 e. The second kappa shape index (κ2) is 9.07. The Labute approximate surface area is 155 Å². The number of nitrogens with one attached hydrogen (secondary N) is 1. The topological polar surface area (TPSA) is 47.3 Å². The molecule has 0 heterocycles. The highest BCUT2D eigenvalue weighted by molar-refractivity contribution is 5.47. The lowest BCUT2D eigenvalue weighted by Gasteiger charge is -2.11. The van der Waals surface area contributed by atoms with Gasteiger partial charge in [-0.25, -0.2) is 0 Å². The van der Waals surface area contributed by atoms with E-state index in [2.05, 4.69) is 48.6 Å². The summed E-state index contributed by atoms with van der Waals surface area (Å²) >= 11 is 0. The van der Waals surface area contributed by atoms with Crippen molar-refractivity contribution >= 4 is 5.69 Å². The number of rotatable bonds is 8. The molecule has 0 aliphatic heterocycles. The molecule has 0 saturated heterocycles. The molecule has 0 aromatic heterocycles. The Hall–Kier alpha value is -2.78. The molecule has 0 aliphatic carbocycles. The molecule has 0 aliphatic rings. The molecule has 3 N–H and O–H groups in total. The lowest BCUT2D eigenvalue weighted by atomic mass is 10.00. The fourth-order valence-electron chi connectivity index (χ4n) is 2.71. The average Bonchev–Trinajstić information content (AvgIpc) is 2.72. The van der Waals surface area contributed by atoms with E-state index in [0.29, 0.717) is 19.1 Å². The Balaban J connectivity index is 1.49. The molecule has 134 valence electrons. The van der Waals surface area contributed by atoms with Crippen LogP contribution in [-0.2, 0) is 13.2 Å². The van der Waals surface area contributed by atoms with Gasteiger partial charge in [0.2, 0.25) is 0 Å². The van der Waals surface area contributed by atoms with Gasteiger partial charge in [-0.15, -0.1) is 0 Å².